The van der Waals surface area contributed by atoms with E-state index < -0.39 is 5.97 Å². The smallest absolute Gasteiger partial charge is 0.335 e. The van der Waals surface area contributed by atoms with Gasteiger partial charge in [0.2, 0.25) is 0 Å². The summed E-state index contributed by atoms with van der Waals surface area (Å²) in [5.41, 5.74) is 3.35. The summed E-state index contributed by atoms with van der Waals surface area (Å²) in [7, 11) is 0. The summed E-state index contributed by atoms with van der Waals surface area (Å²) in [4.78, 5) is 11.2. The van der Waals surface area contributed by atoms with Gasteiger partial charge in [-0.05, 0) is 42.5 Å². The van der Waals surface area contributed by atoms with Crippen LogP contribution in [-0.2, 0) is 6.42 Å². The SMILES string of the molecule is CCCCCCCCOc1c(CCC)ccc(-c2ccc(C(=O)O)cc2)c1OCCCC. The number of benzene rings is 2. The van der Waals surface area contributed by atoms with Crippen molar-refractivity contribution < 1.29 is 19.4 Å². The molecule has 0 saturated carbocycles. The van der Waals surface area contributed by atoms with Gasteiger partial charge in [0.25, 0.3) is 0 Å². The normalized spacial score (nSPS) is 10.8. The van der Waals surface area contributed by atoms with Gasteiger partial charge in [0.1, 0.15) is 0 Å². The molecule has 0 aliphatic heterocycles. The maximum atomic E-state index is 11.2. The highest BCUT2D eigenvalue weighted by Gasteiger charge is 2.18. The summed E-state index contributed by atoms with van der Waals surface area (Å²) in [6.07, 6.45) is 11.4. The average Bonchev–Trinajstić information content (AvgIpc) is 2.80. The maximum absolute atomic E-state index is 11.2. The standard InChI is InChI=1S/C28H40O4/c1-4-7-9-10-11-12-21-31-26-23(13-6-3)18-19-25(27(26)32-20-8-5-2)22-14-16-24(17-15-22)28(29)30/h14-19H,4-13,20-21H2,1-3H3,(H,29,30). The van der Waals surface area contributed by atoms with Crippen LogP contribution in [0.2, 0.25) is 0 Å². The van der Waals surface area contributed by atoms with Gasteiger partial charge in [-0.2, -0.15) is 0 Å². The molecule has 2 aromatic rings. The second-order valence-corrected chi connectivity index (χ2v) is 8.38. The molecule has 4 nitrogen and oxygen atoms in total. The van der Waals surface area contributed by atoms with Crippen molar-refractivity contribution in [1.29, 1.82) is 0 Å². The molecule has 0 aliphatic carbocycles. The fraction of sp³-hybridized carbons (Fsp3) is 0.536. The van der Waals surface area contributed by atoms with Gasteiger partial charge < -0.3 is 14.6 Å². The Morgan fingerprint density at radius 3 is 2.00 bits per heavy atom. The summed E-state index contributed by atoms with van der Waals surface area (Å²) in [5, 5.41) is 9.23. The number of hydrogen-bond donors (Lipinski definition) is 1. The molecular weight excluding hydrogens is 400 g/mol. The summed E-state index contributed by atoms with van der Waals surface area (Å²) >= 11 is 0. The van der Waals surface area contributed by atoms with Gasteiger partial charge in [0.15, 0.2) is 11.5 Å². The van der Waals surface area contributed by atoms with E-state index in [0.29, 0.717) is 13.2 Å². The van der Waals surface area contributed by atoms with Crippen molar-refractivity contribution in [2.45, 2.75) is 85.0 Å². The third-order valence-corrected chi connectivity index (χ3v) is 5.64. The average molecular weight is 441 g/mol. The van der Waals surface area contributed by atoms with Gasteiger partial charge in [0.05, 0.1) is 18.8 Å². The van der Waals surface area contributed by atoms with Gasteiger partial charge in [0, 0.05) is 5.56 Å². The van der Waals surface area contributed by atoms with E-state index in [2.05, 4.69) is 32.9 Å². The third kappa shape index (κ3) is 7.89. The lowest BCUT2D eigenvalue weighted by atomic mass is 9.98. The Labute approximate surface area is 194 Å². The van der Waals surface area contributed by atoms with E-state index in [9.17, 15) is 9.90 Å². The molecule has 0 fully saturated rings. The van der Waals surface area contributed by atoms with Crippen molar-refractivity contribution in [3.8, 4) is 22.6 Å². The Morgan fingerprint density at radius 1 is 0.719 bits per heavy atom. The summed E-state index contributed by atoms with van der Waals surface area (Å²) in [5.74, 6) is 0.729. The molecule has 0 spiro atoms. The minimum Gasteiger partial charge on any atom is -0.489 e. The molecule has 0 heterocycles. The van der Waals surface area contributed by atoms with Crippen LogP contribution in [0.4, 0.5) is 0 Å². The van der Waals surface area contributed by atoms with E-state index in [4.69, 9.17) is 9.47 Å². The fourth-order valence-corrected chi connectivity index (χ4v) is 3.77. The fourth-order valence-electron chi connectivity index (χ4n) is 3.77. The number of rotatable bonds is 16. The molecule has 0 unspecified atom stereocenters. The largest absolute Gasteiger partial charge is 0.489 e. The Balaban J connectivity index is 2.29. The number of ether oxygens (including phenoxy) is 2. The Morgan fingerprint density at radius 2 is 1.34 bits per heavy atom. The topological polar surface area (TPSA) is 55.8 Å². The van der Waals surface area contributed by atoms with E-state index in [1.54, 1.807) is 12.1 Å². The van der Waals surface area contributed by atoms with Crippen LogP contribution in [0.3, 0.4) is 0 Å². The highest BCUT2D eigenvalue weighted by Crippen LogP contribution is 2.42. The lowest BCUT2D eigenvalue weighted by Gasteiger charge is -2.20. The zero-order chi connectivity index (χ0) is 23.2. The van der Waals surface area contributed by atoms with E-state index in [1.165, 1.54) is 37.7 Å². The van der Waals surface area contributed by atoms with Crippen LogP contribution in [-0.4, -0.2) is 24.3 Å². The number of aryl methyl sites for hydroxylation is 1. The molecule has 2 rings (SSSR count). The molecule has 0 radical (unpaired) electrons. The van der Waals surface area contributed by atoms with Crippen LogP contribution >= 0.6 is 0 Å². The van der Waals surface area contributed by atoms with Gasteiger partial charge in [-0.25, -0.2) is 4.79 Å². The number of carboxylic acids is 1. The zero-order valence-electron chi connectivity index (χ0n) is 20.1. The first-order valence-electron chi connectivity index (χ1n) is 12.4. The lowest BCUT2D eigenvalue weighted by molar-refractivity contribution is 0.0697. The lowest BCUT2D eigenvalue weighted by Crippen LogP contribution is -2.06. The molecule has 32 heavy (non-hydrogen) atoms. The molecule has 2 aromatic carbocycles. The number of aromatic carboxylic acids is 1. The molecule has 0 aromatic heterocycles. The first-order valence-corrected chi connectivity index (χ1v) is 12.4. The summed E-state index contributed by atoms with van der Waals surface area (Å²) < 4.78 is 12.7. The molecule has 0 amide bonds. The van der Waals surface area contributed by atoms with E-state index in [0.717, 1.165) is 54.7 Å². The summed E-state index contributed by atoms with van der Waals surface area (Å²) in [6.45, 7) is 7.89. The van der Waals surface area contributed by atoms with Gasteiger partial charge in [-0.1, -0.05) is 90.0 Å². The minimum atomic E-state index is -0.919. The summed E-state index contributed by atoms with van der Waals surface area (Å²) in [6, 6.07) is 11.2. The number of carboxylic acid groups (broad SMARTS) is 1. The van der Waals surface area contributed by atoms with E-state index >= 15 is 0 Å². The van der Waals surface area contributed by atoms with Crippen molar-refractivity contribution in [2.75, 3.05) is 13.2 Å². The molecule has 0 aliphatic rings. The minimum absolute atomic E-state index is 0.282. The van der Waals surface area contributed by atoms with Gasteiger partial charge in [-0.3, -0.25) is 0 Å². The molecule has 0 atom stereocenters. The highest BCUT2D eigenvalue weighted by molar-refractivity contribution is 5.88. The van der Waals surface area contributed by atoms with Crippen LogP contribution in [0.1, 0.15) is 94.5 Å². The molecular formula is C28H40O4. The van der Waals surface area contributed by atoms with Crippen LogP contribution in [0, 0.1) is 0 Å². The quantitative estimate of drug-likeness (QED) is 0.269. The van der Waals surface area contributed by atoms with Crippen molar-refractivity contribution in [3.63, 3.8) is 0 Å². The van der Waals surface area contributed by atoms with Crippen molar-refractivity contribution in [3.05, 3.63) is 47.5 Å². The number of unbranched alkanes of at least 4 members (excludes halogenated alkanes) is 6. The Kier molecular flexibility index (Phi) is 11.7. The van der Waals surface area contributed by atoms with Crippen LogP contribution in [0.15, 0.2) is 36.4 Å². The molecule has 4 heteroatoms. The third-order valence-electron chi connectivity index (χ3n) is 5.64. The van der Waals surface area contributed by atoms with Crippen molar-refractivity contribution in [2.24, 2.45) is 0 Å². The first kappa shape index (κ1) is 25.8. The monoisotopic (exact) mass is 440 g/mol. The first-order chi connectivity index (χ1) is 15.6. The maximum Gasteiger partial charge on any atom is 0.335 e. The van der Waals surface area contributed by atoms with Crippen molar-refractivity contribution in [1.82, 2.24) is 0 Å². The predicted molar refractivity (Wildman–Crippen MR) is 132 cm³/mol. The second-order valence-electron chi connectivity index (χ2n) is 8.38. The number of carbonyl (C=O) groups is 1. The van der Waals surface area contributed by atoms with E-state index in [-0.39, 0.29) is 5.56 Å². The van der Waals surface area contributed by atoms with E-state index in [1.807, 2.05) is 12.1 Å². The van der Waals surface area contributed by atoms with Crippen molar-refractivity contribution >= 4 is 5.97 Å². The predicted octanol–water partition coefficient (Wildman–Crippen LogP) is 7.92. The van der Waals surface area contributed by atoms with Crippen LogP contribution < -0.4 is 9.47 Å². The molecule has 0 bridgehead atoms. The van der Waals surface area contributed by atoms with Gasteiger partial charge >= 0.3 is 5.97 Å². The Hall–Kier alpha value is -2.49. The molecule has 176 valence electrons. The Bertz CT molecular complexity index is 811. The molecule has 0 saturated heterocycles. The van der Waals surface area contributed by atoms with Gasteiger partial charge in [-0.15, -0.1) is 0 Å². The molecule has 1 N–H and O–H groups in total. The van der Waals surface area contributed by atoms with Crippen LogP contribution in [0.25, 0.3) is 11.1 Å². The zero-order valence-corrected chi connectivity index (χ0v) is 20.1. The highest BCUT2D eigenvalue weighted by atomic mass is 16.5. The second kappa shape index (κ2) is 14.5. The van der Waals surface area contributed by atoms with Crippen LogP contribution in [0.5, 0.6) is 11.5 Å². The number of hydrogen-bond acceptors (Lipinski definition) is 3.